The number of hydrogen-bond donors (Lipinski definition) is 2. The van der Waals surface area contributed by atoms with E-state index in [9.17, 15) is 4.79 Å². The Hall–Kier alpha value is -2.35. The van der Waals surface area contributed by atoms with E-state index in [1.807, 2.05) is 0 Å². The molecule has 19 heavy (non-hydrogen) atoms. The summed E-state index contributed by atoms with van der Waals surface area (Å²) in [6.07, 6.45) is 0. The average Bonchev–Trinajstić information content (AvgIpc) is 2.91. The summed E-state index contributed by atoms with van der Waals surface area (Å²) in [6, 6.07) is 4.69. The number of methoxy groups -OCH3 is 2. The minimum Gasteiger partial charge on any atom is -0.497 e. The maximum absolute atomic E-state index is 11.8. The third kappa shape index (κ3) is 3.32. The smallest absolute Gasteiger partial charge is 0.325 e. The lowest BCUT2D eigenvalue weighted by atomic mass is 10.2. The van der Waals surface area contributed by atoms with Crippen LogP contribution in [0.5, 0.6) is 11.5 Å². The molecule has 0 aliphatic rings. The lowest BCUT2D eigenvalue weighted by Gasteiger charge is -2.11. The van der Waals surface area contributed by atoms with E-state index in [0.29, 0.717) is 22.3 Å². The zero-order valence-electron chi connectivity index (χ0n) is 10.3. The van der Waals surface area contributed by atoms with Crippen LogP contribution in [0.1, 0.15) is 0 Å². The summed E-state index contributed by atoms with van der Waals surface area (Å²) in [5, 5.41) is 13.0. The second-order valence-electron chi connectivity index (χ2n) is 3.39. The summed E-state index contributed by atoms with van der Waals surface area (Å²) in [4.78, 5) is 11.8. The van der Waals surface area contributed by atoms with Crippen LogP contribution in [0.2, 0.25) is 0 Å². The number of urea groups is 1. The van der Waals surface area contributed by atoms with Crippen molar-refractivity contribution in [3.63, 3.8) is 0 Å². The molecule has 0 bridgehead atoms. The van der Waals surface area contributed by atoms with Gasteiger partial charge in [-0.15, -0.1) is 10.2 Å². The average molecular weight is 280 g/mol. The summed E-state index contributed by atoms with van der Waals surface area (Å²) in [5.74, 6) is 1.15. The Labute approximate surface area is 113 Å². The number of anilines is 2. The van der Waals surface area contributed by atoms with Crippen molar-refractivity contribution in [1.29, 1.82) is 0 Å². The normalized spacial score (nSPS) is 9.79. The fourth-order valence-corrected chi connectivity index (χ4v) is 1.83. The van der Waals surface area contributed by atoms with Crippen LogP contribution in [0.3, 0.4) is 0 Å². The largest absolute Gasteiger partial charge is 0.497 e. The van der Waals surface area contributed by atoms with Gasteiger partial charge >= 0.3 is 6.03 Å². The van der Waals surface area contributed by atoms with Gasteiger partial charge in [-0.3, -0.25) is 5.32 Å². The molecule has 1 heterocycles. The van der Waals surface area contributed by atoms with E-state index in [1.54, 1.807) is 25.3 Å². The van der Waals surface area contributed by atoms with E-state index in [1.165, 1.54) is 24.0 Å². The number of ether oxygens (including phenoxy) is 2. The minimum absolute atomic E-state index is 0.416. The summed E-state index contributed by atoms with van der Waals surface area (Å²) in [5.41, 5.74) is 2.03. The van der Waals surface area contributed by atoms with Gasteiger partial charge in [0.2, 0.25) is 5.13 Å². The Morgan fingerprint density at radius 2 is 2.11 bits per heavy atom. The Balaban J connectivity index is 2.10. The molecule has 0 fully saturated rings. The first kappa shape index (κ1) is 13.1. The van der Waals surface area contributed by atoms with Crippen LogP contribution in [-0.4, -0.2) is 30.4 Å². The van der Waals surface area contributed by atoms with Gasteiger partial charge in [0.05, 0.1) is 19.9 Å². The predicted octanol–water partition coefficient (Wildman–Crippen LogP) is 2.20. The predicted molar refractivity (Wildman–Crippen MR) is 72.1 cm³/mol. The quantitative estimate of drug-likeness (QED) is 0.896. The number of hydrogen-bond acceptors (Lipinski definition) is 6. The van der Waals surface area contributed by atoms with Crippen molar-refractivity contribution in [3.05, 3.63) is 23.7 Å². The highest BCUT2D eigenvalue weighted by molar-refractivity contribution is 7.13. The van der Waals surface area contributed by atoms with Crippen molar-refractivity contribution in [2.24, 2.45) is 0 Å². The highest BCUT2D eigenvalue weighted by Crippen LogP contribution is 2.28. The molecule has 0 spiro atoms. The van der Waals surface area contributed by atoms with Crippen molar-refractivity contribution in [2.75, 3.05) is 24.9 Å². The van der Waals surface area contributed by atoms with Gasteiger partial charge in [-0.2, -0.15) is 0 Å². The molecule has 8 heteroatoms. The summed E-state index contributed by atoms with van der Waals surface area (Å²) in [7, 11) is 3.07. The van der Waals surface area contributed by atoms with Gasteiger partial charge in [-0.05, 0) is 12.1 Å². The molecule has 2 rings (SSSR count). The standard InChI is InChI=1S/C11H12N4O3S/c1-17-7-3-4-9(18-2)8(5-7)13-10(16)14-11-15-12-6-19-11/h3-6H,1-2H3,(H2,13,14,15,16). The SMILES string of the molecule is COc1ccc(OC)c(NC(=O)Nc2nncs2)c1. The van der Waals surface area contributed by atoms with Crippen molar-refractivity contribution in [2.45, 2.75) is 0 Å². The first-order valence-electron chi connectivity index (χ1n) is 5.29. The molecule has 0 unspecified atom stereocenters. The zero-order chi connectivity index (χ0) is 13.7. The number of rotatable bonds is 4. The lowest BCUT2D eigenvalue weighted by Crippen LogP contribution is -2.19. The van der Waals surface area contributed by atoms with Gasteiger partial charge in [-0.25, -0.2) is 4.79 Å². The Morgan fingerprint density at radius 3 is 2.74 bits per heavy atom. The van der Waals surface area contributed by atoms with Crippen molar-refractivity contribution >= 4 is 28.2 Å². The van der Waals surface area contributed by atoms with Crippen LogP contribution in [0, 0.1) is 0 Å². The topological polar surface area (TPSA) is 85.4 Å². The van der Waals surface area contributed by atoms with Crippen LogP contribution < -0.4 is 20.1 Å². The molecular weight excluding hydrogens is 268 g/mol. The molecule has 2 amide bonds. The minimum atomic E-state index is -0.427. The second-order valence-corrected chi connectivity index (χ2v) is 4.22. The van der Waals surface area contributed by atoms with Crippen molar-refractivity contribution in [1.82, 2.24) is 10.2 Å². The zero-order valence-corrected chi connectivity index (χ0v) is 11.2. The lowest BCUT2D eigenvalue weighted by molar-refractivity contribution is 0.262. The van der Waals surface area contributed by atoms with Crippen molar-refractivity contribution in [3.8, 4) is 11.5 Å². The maximum Gasteiger partial charge on any atom is 0.325 e. The Kier molecular flexibility index (Phi) is 4.14. The van der Waals surface area contributed by atoms with E-state index in [-0.39, 0.29) is 0 Å². The van der Waals surface area contributed by atoms with Gasteiger partial charge in [0, 0.05) is 6.07 Å². The van der Waals surface area contributed by atoms with Gasteiger partial charge in [-0.1, -0.05) is 11.3 Å². The molecule has 2 N–H and O–H groups in total. The van der Waals surface area contributed by atoms with Crippen LogP contribution in [-0.2, 0) is 0 Å². The van der Waals surface area contributed by atoms with Gasteiger partial charge in [0.1, 0.15) is 17.0 Å². The molecular formula is C11H12N4O3S. The molecule has 1 aromatic carbocycles. The fraction of sp³-hybridized carbons (Fsp3) is 0.182. The molecule has 100 valence electrons. The Bertz CT molecular complexity index is 559. The first-order valence-corrected chi connectivity index (χ1v) is 6.17. The molecule has 0 aliphatic heterocycles. The molecule has 0 aliphatic carbocycles. The molecule has 1 aromatic heterocycles. The van der Waals surface area contributed by atoms with Gasteiger partial charge in [0.15, 0.2) is 0 Å². The van der Waals surface area contributed by atoms with E-state index in [2.05, 4.69) is 20.8 Å². The Morgan fingerprint density at radius 1 is 1.26 bits per heavy atom. The number of nitrogens with zero attached hydrogens (tertiary/aromatic N) is 2. The molecule has 7 nitrogen and oxygen atoms in total. The third-order valence-corrected chi connectivity index (χ3v) is 2.84. The van der Waals surface area contributed by atoms with E-state index in [4.69, 9.17) is 9.47 Å². The molecule has 0 atom stereocenters. The molecule has 0 radical (unpaired) electrons. The number of benzene rings is 1. The summed E-state index contributed by atoms with van der Waals surface area (Å²) >= 11 is 1.23. The van der Waals surface area contributed by atoms with Gasteiger partial charge < -0.3 is 14.8 Å². The van der Waals surface area contributed by atoms with Crippen LogP contribution in [0.4, 0.5) is 15.6 Å². The summed E-state index contributed by atoms with van der Waals surface area (Å²) < 4.78 is 10.3. The molecule has 2 aromatic rings. The van der Waals surface area contributed by atoms with Crippen LogP contribution >= 0.6 is 11.3 Å². The van der Waals surface area contributed by atoms with Crippen LogP contribution in [0.15, 0.2) is 23.7 Å². The van der Waals surface area contributed by atoms with E-state index >= 15 is 0 Å². The number of nitrogens with one attached hydrogen (secondary N) is 2. The highest BCUT2D eigenvalue weighted by Gasteiger charge is 2.10. The number of carbonyl (C=O) groups is 1. The van der Waals surface area contributed by atoms with Gasteiger partial charge in [0.25, 0.3) is 0 Å². The monoisotopic (exact) mass is 280 g/mol. The van der Waals surface area contributed by atoms with E-state index in [0.717, 1.165) is 0 Å². The maximum atomic E-state index is 11.8. The number of carbonyl (C=O) groups excluding carboxylic acids is 1. The molecule has 0 saturated carbocycles. The highest BCUT2D eigenvalue weighted by atomic mass is 32.1. The van der Waals surface area contributed by atoms with Crippen LogP contribution in [0.25, 0.3) is 0 Å². The molecule has 0 saturated heterocycles. The summed E-state index contributed by atoms with van der Waals surface area (Å²) in [6.45, 7) is 0. The third-order valence-electron chi connectivity index (χ3n) is 2.24. The second kappa shape index (κ2) is 6.01. The van der Waals surface area contributed by atoms with E-state index < -0.39 is 6.03 Å². The number of aromatic nitrogens is 2. The first-order chi connectivity index (χ1) is 9.22. The van der Waals surface area contributed by atoms with Crippen molar-refractivity contribution < 1.29 is 14.3 Å². The number of amides is 2. The fourth-order valence-electron chi connectivity index (χ4n) is 1.39.